The van der Waals surface area contributed by atoms with Gasteiger partial charge in [0.25, 0.3) is 10.0 Å². The summed E-state index contributed by atoms with van der Waals surface area (Å²) in [5.41, 5.74) is 6.32. The van der Waals surface area contributed by atoms with Gasteiger partial charge in [0.05, 0.1) is 15.7 Å². The number of benzene rings is 2. The van der Waals surface area contributed by atoms with Gasteiger partial charge in [-0.3, -0.25) is 4.72 Å². The van der Waals surface area contributed by atoms with Crippen LogP contribution in [0.3, 0.4) is 0 Å². The first-order valence-electron chi connectivity index (χ1n) is 5.43. The van der Waals surface area contributed by atoms with Crippen molar-refractivity contribution in [1.29, 1.82) is 0 Å². The van der Waals surface area contributed by atoms with Gasteiger partial charge in [0, 0.05) is 10.2 Å². The van der Waals surface area contributed by atoms with Crippen LogP contribution in [0, 0.1) is 5.82 Å². The van der Waals surface area contributed by atoms with Crippen molar-refractivity contribution in [2.75, 3.05) is 10.5 Å². The molecule has 0 spiro atoms. The molecule has 0 aromatic heterocycles. The number of hydrogen-bond donors (Lipinski definition) is 2. The van der Waals surface area contributed by atoms with Crippen LogP contribution in [0.15, 0.2) is 39.7 Å². The predicted molar refractivity (Wildman–Crippen MR) is 85.8 cm³/mol. The zero-order valence-electron chi connectivity index (χ0n) is 10.2. The third-order valence-electron chi connectivity index (χ3n) is 2.54. The molecule has 2 rings (SSSR count). The summed E-state index contributed by atoms with van der Waals surface area (Å²) in [6.45, 7) is 0. The van der Waals surface area contributed by atoms with Crippen LogP contribution in [0.4, 0.5) is 15.8 Å². The van der Waals surface area contributed by atoms with E-state index >= 15 is 0 Å². The number of halogens is 4. The van der Waals surface area contributed by atoms with Gasteiger partial charge in [0.2, 0.25) is 0 Å². The fourth-order valence-corrected chi connectivity index (χ4v) is 3.69. The largest absolute Gasteiger partial charge is 0.398 e. The topological polar surface area (TPSA) is 72.2 Å². The van der Waals surface area contributed by atoms with Crippen LogP contribution in [0.1, 0.15) is 0 Å². The van der Waals surface area contributed by atoms with Crippen LogP contribution in [-0.4, -0.2) is 8.42 Å². The summed E-state index contributed by atoms with van der Waals surface area (Å²) < 4.78 is 40.9. The molecule has 4 nitrogen and oxygen atoms in total. The number of nitrogens with two attached hydrogens (primary N) is 1. The average molecular weight is 414 g/mol. The van der Waals surface area contributed by atoms with Gasteiger partial charge in [-0.1, -0.05) is 23.2 Å². The second-order valence-electron chi connectivity index (χ2n) is 4.02. The molecule has 2 aromatic carbocycles. The van der Waals surface area contributed by atoms with Gasteiger partial charge >= 0.3 is 0 Å². The Balaban J connectivity index is 2.43. The maximum atomic E-state index is 13.6. The number of nitrogens with one attached hydrogen (secondary N) is 1. The van der Waals surface area contributed by atoms with E-state index in [9.17, 15) is 12.8 Å². The summed E-state index contributed by atoms with van der Waals surface area (Å²) in [6.07, 6.45) is 0. The highest BCUT2D eigenvalue weighted by atomic mass is 79.9. The lowest BCUT2D eigenvalue weighted by atomic mass is 10.3. The molecule has 0 heterocycles. The van der Waals surface area contributed by atoms with E-state index in [1.54, 1.807) is 0 Å². The molecule has 0 bridgehead atoms. The Labute approximate surface area is 139 Å². The van der Waals surface area contributed by atoms with Crippen LogP contribution >= 0.6 is 39.1 Å². The van der Waals surface area contributed by atoms with E-state index in [1.165, 1.54) is 18.2 Å². The highest BCUT2D eigenvalue weighted by Crippen LogP contribution is 2.31. The molecule has 21 heavy (non-hydrogen) atoms. The summed E-state index contributed by atoms with van der Waals surface area (Å²) >= 11 is 14.4. The molecule has 2 aromatic rings. The number of sulfonamides is 1. The molecule has 0 atom stereocenters. The minimum atomic E-state index is -4.06. The highest BCUT2D eigenvalue weighted by molar-refractivity contribution is 9.10. The molecule has 9 heteroatoms. The average Bonchev–Trinajstić information content (AvgIpc) is 2.39. The van der Waals surface area contributed by atoms with E-state index < -0.39 is 25.8 Å². The normalized spacial score (nSPS) is 11.4. The maximum Gasteiger partial charge on any atom is 0.263 e. The number of rotatable bonds is 3. The van der Waals surface area contributed by atoms with Crippen LogP contribution < -0.4 is 10.5 Å². The minimum Gasteiger partial charge on any atom is -0.398 e. The maximum absolute atomic E-state index is 13.6. The van der Waals surface area contributed by atoms with Crippen molar-refractivity contribution in [1.82, 2.24) is 0 Å². The van der Waals surface area contributed by atoms with Gasteiger partial charge in [-0.15, -0.1) is 0 Å². The van der Waals surface area contributed by atoms with Gasteiger partial charge in [-0.2, -0.15) is 0 Å². The lowest BCUT2D eigenvalue weighted by Gasteiger charge is -2.11. The third kappa shape index (κ3) is 3.42. The standard InChI is InChI=1S/C12H8BrCl2FN2O2S/c13-7-5-6(1-3-9(7)17)18-21(19,20)10-4-2-8(14)12(16)11(10)15/h1-5,18H,17H2. The number of hydrogen-bond acceptors (Lipinski definition) is 3. The quantitative estimate of drug-likeness (QED) is 0.582. The Bertz CT molecular complexity index is 815. The first kappa shape index (κ1) is 16.4. The molecule has 3 N–H and O–H groups in total. The van der Waals surface area contributed by atoms with E-state index in [0.29, 0.717) is 10.2 Å². The highest BCUT2D eigenvalue weighted by Gasteiger charge is 2.22. The molecule has 0 saturated carbocycles. The first-order chi connectivity index (χ1) is 9.72. The molecule has 0 aliphatic rings. The van der Waals surface area contributed by atoms with Crippen molar-refractivity contribution in [3.05, 3.63) is 50.7 Å². The van der Waals surface area contributed by atoms with E-state index in [1.807, 2.05) is 0 Å². The fourth-order valence-electron chi connectivity index (χ4n) is 1.52. The van der Waals surface area contributed by atoms with Crippen molar-refractivity contribution in [3.8, 4) is 0 Å². The molecule has 112 valence electrons. The molecule has 0 unspecified atom stereocenters. The predicted octanol–water partition coefficient (Wildman–Crippen LogP) is 4.28. The van der Waals surface area contributed by atoms with Crippen molar-refractivity contribution >= 4 is 60.5 Å². The SMILES string of the molecule is Nc1ccc(NS(=O)(=O)c2ccc(Cl)c(F)c2Cl)cc1Br. The first-order valence-corrected chi connectivity index (χ1v) is 8.47. The molecule has 0 aliphatic heterocycles. The molecule has 0 fully saturated rings. The Morgan fingerprint density at radius 2 is 1.86 bits per heavy atom. The van der Waals surface area contributed by atoms with Crippen LogP contribution in [0.25, 0.3) is 0 Å². The monoisotopic (exact) mass is 412 g/mol. The van der Waals surface area contributed by atoms with Crippen molar-refractivity contribution < 1.29 is 12.8 Å². The van der Waals surface area contributed by atoms with Gasteiger partial charge in [-0.25, -0.2) is 12.8 Å². The molecule has 0 saturated heterocycles. The third-order valence-corrected chi connectivity index (χ3v) is 5.43. The van der Waals surface area contributed by atoms with E-state index in [2.05, 4.69) is 20.7 Å². The van der Waals surface area contributed by atoms with Gasteiger partial charge in [-0.05, 0) is 46.3 Å². The molecule has 0 radical (unpaired) electrons. The summed E-state index contributed by atoms with van der Waals surface area (Å²) in [7, 11) is -4.06. The van der Waals surface area contributed by atoms with Gasteiger partial charge in [0.1, 0.15) is 4.90 Å². The van der Waals surface area contributed by atoms with Crippen LogP contribution in [0.5, 0.6) is 0 Å². The van der Waals surface area contributed by atoms with E-state index in [4.69, 9.17) is 28.9 Å². The molecular weight excluding hydrogens is 406 g/mol. The second kappa shape index (κ2) is 6.00. The molecular formula is C12H8BrCl2FN2O2S. The zero-order chi connectivity index (χ0) is 15.8. The van der Waals surface area contributed by atoms with Crippen LogP contribution in [-0.2, 0) is 10.0 Å². The van der Waals surface area contributed by atoms with Crippen LogP contribution in [0.2, 0.25) is 10.0 Å². The Hall–Kier alpha value is -1.02. The fraction of sp³-hybridized carbons (Fsp3) is 0. The summed E-state index contributed by atoms with van der Waals surface area (Å²) in [4.78, 5) is -0.404. The second-order valence-corrected chi connectivity index (χ2v) is 7.31. The molecule has 0 aliphatic carbocycles. The Kier molecular flexibility index (Phi) is 4.67. The van der Waals surface area contributed by atoms with E-state index in [0.717, 1.165) is 12.1 Å². The van der Waals surface area contributed by atoms with E-state index in [-0.39, 0.29) is 10.7 Å². The summed E-state index contributed by atoms with van der Waals surface area (Å²) in [5.74, 6) is -0.986. The van der Waals surface area contributed by atoms with Gasteiger partial charge < -0.3 is 5.73 Å². The van der Waals surface area contributed by atoms with Gasteiger partial charge in [0.15, 0.2) is 5.82 Å². The van der Waals surface area contributed by atoms with Crippen molar-refractivity contribution in [2.45, 2.75) is 4.90 Å². The Morgan fingerprint density at radius 1 is 1.19 bits per heavy atom. The minimum absolute atomic E-state index is 0.252. The summed E-state index contributed by atoms with van der Waals surface area (Å²) in [5, 5.41) is -0.821. The van der Waals surface area contributed by atoms with Crippen molar-refractivity contribution in [3.63, 3.8) is 0 Å². The lowest BCUT2D eigenvalue weighted by molar-refractivity contribution is 0.595. The molecule has 0 amide bonds. The zero-order valence-corrected chi connectivity index (χ0v) is 14.1. The Morgan fingerprint density at radius 3 is 2.48 bits per heavy atom. The lowest BCUT2D eigenvalue weighted by Crippen LogP contribution is -2.14. The van der Waals surface area contributed by atoms with Crippen molar-refractivity contribution in [2.24, 2.45) is 0 Å². The number of anilines is 2. The summed E-state index contributed by atoms with van der Waals surface area (Å²) in [6, 6.07) is 6.72. The smallest absolute Gasteiger partial charge is 0.263 e. The number of nitrogen functional groups attached to an aromatic ring is 1.